The van der Waals surface area contributed by atoms with Crippen LogP contribution in [0.5, 0.6) is 0 Å². The monoisotopic (exact) mass is 303 g/mol. The highest BCUT2D eigenvalue weighted by Gasteiger charge is 2.23. The lowest BCUT2D eigenvalue weighted by molar-refractivity contribution is -0.131. The Kier molecular flexibility index (Phi) is 7.41. The van der Waals surface area contributed by atoms with E-state index in [1.165, 1.54) is 0 Å². The average Bonchev–Trinajstić information content (AvgIpc) is 2.67. The van der Waals surface area contributed by atoms with Gasteiger partial charge in [-0.3, -0.25) is 4.79 Å². The number of halogens is 1. The van der Waals surface area contributed by atoms with E-state index in [0.29, 0.717) is 12.3 Å². The lowest BCUT2D eigenvalue weighted by Gasteiger charge is -2.19. The van der Waals surface area contributed by atoms with Gasteiger partial charge in [-0.15, -0.1) is 24.2 Å². The van der Waals surface area contributed by atoms with Crippen LogP contribution in [0.3, 0.4) is 0 Å². The van der Waals surface area contributed by atoms with E-state index in [9.17, 15) is 13.2 Å². The van der Waals surface area contributed by atoms with Crippen molar-refractivity contribution in [1.82, 2.24) is 9.62 Å². The molecule has 0 aromatic rings. The molecular weight excluding hydrogens is 286 g/mol. The van der Waals surface area contributed by atoms with Gasteiger partial charge >= 0.3 is 0 Å². The fourth-order valence-corrected chi connectivity index (χ4v) is 2.79. The smallest absolute Gasteiger partial charge is 0.240 e. The molecule has 1 amide bonds. The summed E-state index contributed by atoms with van der Waals surface area (Å²) in [4.78, 5) is 13.4. The maximum Gasteiger partial charge on any atom is 0.240 e. The van der Waals surface area contributed by atoms with E-state index in [4.69, 9.17) is 5.73 Å². The van der Waals surface area contributed by atoms with Gasteiger partial charge in [-0.1, -0.05) is 0 Å². The molecular formula is C8H18ClN3O3S2. The zero-order valence-corrected chi connectivity index (χ0v) is 12.0. The van der Waals surface area contributed by atoms with Crippen molar-refractivity contribution in [3.8, 4) is 0 Å². The van der Waals surface area contributed by atoms with Crippen LogP contribution in [0.15, 0.2) is 0 Å². The standard InChI is InChI=1S/C8H17N3O3S2.ClH/c1-16(13,14)10-3-2-7(9)8(12)11-4-5-15-6-11;/h7,10H,2-6,9H2,1H3;1H. The molecule has 1 heterocycles. The minimum absolute atomic E-state index is 0. The Morgan fingerprint density at radius 2 is 2.24 bits per heavy atom. The second-order valence-corrected chi connectivity index (χ2v) is 6.61. The van der Waals surface area contributed by atoms with Crippen molar-refractivity contribution >= 4 is 40.1 Å². The largest absolute Gasteiger partial charge is 0.331 e. The summed E-state index contributed by atoms with van der Waals surface area (Å²) in [6, 6.07) is -0.618. The van der Waals surface area contributed by atoms with Gasteiger partial charge in [0.2, 0.25) is 15.9 Å². The molecule has 1 aliphatic heterocycles. The lowest BCUT2D eigenvalue weighted by atomic mass is 10.2. The first-order chi connectivity index (χ1) is 7.40. The molecule has 0 radical (unpaired) electrons. The molecule has 0 aliphatic carbocycles. The molecule has 1 fully saturated rings. The van der Waals surface area contributed by atoms with Crippen molar-refractivity contribution in [3.05, 3.63) is 0 Å². The molecule has 3 N–H and O–H groups in total. The molecule has 0 aromatic heterocycles. The van der Waals surface area contributed by atoms with Crippen LogP contribution in [-0.4, -0.2) is 56.2 Å². The molecule has 1 unspecified atom stereocenters. The highest BCUT2D eigenvalue weighted by atomic mass is 35.5. The first kappa shape index (κ1) is 17.0. The van der Waals surface area contributed by atoms with E-state index in [0.717, 1.165) is 18.6 Å². The Balaban J connectivity index is 0.00000256. The number of thioether (sulfide) groups is 1. The average molecular weight is 304 g/mol. The molecule has 6 nitrogen and oxygen atoms in total. The summed E-state index contributed by atoms with van der Waals surface area (Å²) in [6.45, 7) is 0.934. The van der Waals surface area contributed by atoms with Crippen molar-refractivity contribution in [3.63, 3.8) is 0 Å². The summed E-state index contributed by atoms with van der Waals surface area (Å²) in [5.41, 5.74) is 5.69. The molecule has 0 bridgehead atoms. The molecule has 1 rings (SSSR count). The first-order valence-electron chi connectivity index (χ1n) is 4.97. The number of nitrogens with two attached hydrogens (primary N) is 1. The van der Waals surface area contributed by atoms with Gasteiger partial charge in [-0.2, -0.15) is 0 Å². The summed E-state index contributed by atoms with van der Waals surface area (Å²) in [7, 11) is -3.20. The fourth-order valence-electron chi connectivity index (χ4n) is 1.35. The first-order valence-corrected chi connectivity index (χ1v) is 8.01. The zero-order chi connectivity index (χ0) is 12.2. The summed E-state index contributed by atoms with van der Waals surface area (Å²) >= 11 is 1.69. The van der Waals surface area contributed by atoms with E-state index in [2.05, 4.69) is 4.72 Å². The SMILES string of the molecule is CS(=O)(=O)NCCC(N)C(=O)N1CCSC1.Cl. The van der Waals surface area contributed by atoms with Gasteiger partial charge in [0, 0.05) is 18.8 Å². The molecule has 1 aliphatic rings. The van der Waals surface area contributed by atoms with Crippen molar-refractivity contribution in [2.45, 2.75) is 12.5 Å². The number of carbonyl (C=O) groups is 1. The Hall–Kier alpha value is -0.0200. The second-order valence-electron chi connectivity index (χ2n) is 3.70. The predicted molar refractivity (Wildman–Crippen MR) is 71.7 cm³/mol. The molecule has 1 saturated heterocycles. The molecule has 1 atom stereocenters. The summed E-state index contributed by atoms with van der Waals surface area (Å²) in [5.74, 6) is 1.53. The van der Waals surface area contributed by atoms with Crippen LogP contribution in [-0.2, 0) is 14.8 Å². The van der Waals surface area contributed by atoms with Crippen molar-refractivity contribution < 1.29 is 13.2 Å². The number of rotatable bonds is 5. The van der Waals surface area contributed by atoms with Crippen molar-refractivity contribution in [1.29, 1.82) is 0 Å². The molecule has 102 valence electrons. The minimum Gasteiger partial charge on any atom is -0.331 e. The Morgan fingerprint density at radius 1 is 1.59 bits per heavy atom. The van der Waals surface area contributed by atoms with Gasteiger partial charge in [0.05, 0.1) is 18.2 Å². The highest BCUT2D eigenvalue weighted by Crippen LogP contribution is 2.14. The van der Waals surface area contributed by atoms with E-state index < -0.39 is 16.1 Å². The van der Waals surface area contributed by atoms with Gasteiger partial charge in [-0.25, -0.2) is 13.1 Å². The Labute approximate surface area is 112 Å². The summed E-state index contributed by atoms with van der Waals surface area (Å²) in [6.07, 6.45) is 1.41. The van der Waals surface area contributed by atoms with Crippen LogP contribution < -0.4 is 10.5 Å². The van der Waals surface area contributed by atoms with Crippen LogP contribution in [0.1, 0.15) is 6.42 Å². The van der Waals surface area contributed by atoms with Gasteiger partial charge in [0.25, 0.3) is 0 Å². The maximum absolute atomic E-state index is 11.7. The third kappa shape index (κ3) is 6.46. The van der Waals surface area contributed by atoms with Gasteiger partial charge in [-0.05, 0) is 6.42 Å². The van der Waals surface area contributed by atoms with Gasteiger partial charge in [0.15, 0.2) is 0 Å². The molecule has 9 heteroatoms. The van der Waals surface area contributed by atoms with E-state index >= 15 is 0 Å². The van der Waals surface area contributed by atoms with Crippen molar-refractivity contribution in [2.75, 3.05) is 31.0 Å². The number of hydrogen-bond donors (Lipinski definition) is 2. The van der Waals surface area contributed by atoms with E-state index in [1.807, 2.05) is 0 Å². The molecule has 0 saturated carbocycles. The van der Waals surface area contributed by atoms with Crippen molar-refractivity contribution in [2.24, 2.45) is 5.73 Å². The van der Waals surface area contributed by atoms with Crippen LogP contribution >= 0.6 is 24.2 Å². The Morgan fingerprint density at radius 3 is 2.71 bits per heavy atom. The number of amides is 1. The number of carbonyl (C=O) groups excluding carboxylic acids is 1. The zero-order valence-electron chi connectivity index (χ0n) is 9.59. The molecule has 0 aromatic carbocycles. The second kappa shape index (κ2) is 7.42. The van der Waals surface area contributed by atoms with E-state index in [-0.39, 0.29) is 24.9 Å². The van der Waals surface area contributed by atoms with Crippen LogP contribution in [0, 0.1) is 0 Å². The number of hydrogen-bond acceptors (Lipinski definition) is 5. The quantitative estimate of drug-likeness (QED) is 0.694. The maximum atomic E-state index is 11.7. The topological polar surface area (TPSA) is 92.5 Å². The molecule has 0 spiro atoms. The van der Waals surface area contributed by atoms with Crippen LogP contribution in [0.2, 0.25) is 0 Å². The third-order valence-electron chi connectivity index (χ3n) is 2.20. The summed E-state index contributed by atoms with van der Waals surface area (Å²) in [5, 5.41) is 0. The third-order valence-corrected chi connectivity index (χ3v) is 3.90. The van der Waals surface area contributed by atoms with Crippen LogP contribution in [0.25, 0.3) is 0 Å². The minimum atomic E-state index is -3.20. The summed E-state index contributed by atoms with van der Waals surface area (Å²) < 4.78 is 23.9. The van der Waals surface area contributed by atoms with Gasteiger partial charge < -0.3 is 10.6 Å². The fraction of sp³-hybridized carbons (Fsp3) is 0.875. The Bertz CT molecular complexity index is 344. The number of nitrogens with one attached hydrogen (secondary N) is 1. The lowest BCUT2D eigenvalue weighted by Crippen LogP contribution is -2.44. The van der Waals surface area contributed by atoms with Gasteiger partial charge in [0.1, 0.15) is 0 Å². The molecule has 17 heavy (non-hydrogen) atoms. The number of sulfonamides is 1. The predicted octanol–water partition coefficient (Wildman–Crippen LogP) is -0.792. The van der Waals surface area contributed by atoms with E-state index in [1.54, 1.807) is 16.7 Å². The van der Waals surface area contributed by atoms with Crippen LogP contribution in [0.4, 0.5) is 0 Å². The number of nitrogens with zero attached hydrogens (tertiary/aromatic N) is 1. The highest BCUT2D eigenvalue weighted by molar-refractivity contribution is 7.99. The normalized spacial score (nSPS) is 17.6.